The van der Waals surface area contributed by atoms with Gasteiger partial charge in [0.05, 0.1) is 11.8 Å². The first kappa shape index (κ1) is 29.7. The van der Waals surface area contributed by atoms with Crippen LogP contribution < -0.4 is 10.7 Å². The highest BCUT2D eigenvalue weighted by Gasteiger charge is 2.28. The molecule has 2 aliphatic heterocycles. The number of fused-ring (bicyclic) bond motifs is 1. The van der Waals surface area contributed by atoms with Crippen molar-refractivity contribution in [2.24, 2.45) is 5.10 Å². The number of carbonyl (C=O) groups is 2. The second-order valence-corrected chi connectivity index (χ2v) is 13.4. The van der Waals surface area contributed by atoms with Crippen molar-refractivity contribution in [1.82, 2.24) is 15.2 Å². The molecule has 0 spiro atoms. The minimum atomic E-state index is -0.278. The summed E-state index contributed by atoms with van der Waals surface area (Å²) in [4.78, 5) is 33.3. The maximum Gasteiger partial charge on any atom is 0.274 e. The Morgan fingerprint density at radius 3 is 2.49 bits per heavy atom. The number of thiophene rings is 1. The average molecular weight is 598 g/mol. The summed E-state index contributed by atoms with van der Waals surface area (Å²) in [6, 6.07) is 16.6. The van der Waals surface area contributed by atoms with Crippen LogP contribution in [0.4, 0.5) is 5.00 Å². The zero-order valence-electron chi connectivity index (χ0n) is 25.2. The number of amides is 2. The second kappa shape index (κ2) is 14.0. The van der Waals surface area contributed by atoms with Gasteiger partial charge in [-0.1, -0.05) is 48.4 Å². The molecule has 226 valence electrons. The van der Waals surface area contributed by atoms with E-state index in [1.165, 1.54) is 67.0 Å². The topological polar surface area (TPSA) is 77.0 Å². The SMILES string of the molecule is Cc1ccc(/C=N/NC(=O)c2c(NC(=O)c3cccc(CN4CCC(N5CCCCC5)CC4)c3)sc3c2CCCC3)cc1. The molecule has 0 radical (unpaired) electrons. The lowest BCUT2D eigenvalue weighted by Gasteiger charge is -2.40. The largest absolute Gasteiger partial charge is 0.313 e. The van der Waals surface area contributed by atoms with Gasteiger partial charge in [0, 0.05) is 23.0 Å². The van der Waals surface area contributed by atoms with Crippen LogP contribution in [0.5, 0.6) is 0 Å². The third-order valence-electron chi connectivity index (χ3n) is 9.14. The highest BCUT2D eigenvalue weighted by Crippen LogP contribution is 2.38. The van der Waals surface area contributed by atoms with Crippen LogP contribution in [-0.2, 0) is 19.4 Å². The van der Waals surface area contributed by atoms with Crippen LogP contribution >= 0.6 is 11.3 Å². The molecule has 7 nitrogen and oxygen atoms in total. The first-order valence-corrected chi connectivity index (χ1v) is 16.8. The summed E-state index contributed by atoms with van der Waals surface area (Å²) < 4.78 is 0. The zero-order chi connectivity index (χ0) is 29.6. The first-order chi connectivity index (χ1) is 21.0. The van der Waals surface area contributed by atoms with E-state index in [9.17, 15) is 9.59 Å². The number of nitrogens with one attached hydrogen (secondary N) is 2. The number of anilines is 1. The lowest BCUT2D eigenvalue weighted by molar-refractivity contribution is 0.0896. The predicted molar refractivity (Wildman–Crippen MR) is 175 cm³/mol. The zero-order valence-corrected chi connectivity index (χ0v) is 26.1. The van der Waals surface area contributed by atoms with E-state index in [4.69, 9.17) is 0 Å². The van der Waals surface area contributed by atoms with Crippen LogP contribution in [0.1, 0.15) is 92.8 Å². The molecular weight excluding hydrogens is 554 g/mol. The third kappa shape index (κ3) is 7.43. The molecule has 43 heavy (non-hydrogen) atoms. The Balaban J connectivity index is 1.10. The summed E-state index contributed by atoms with van der Waals surface area (Å²) in [5, 5.41) is 7.93. The van der Waals surface area contributed by atoms with Gasteiger partial charge in [0.2, 0.25) is 0 Å². The van der Waals surface area contributed by atoms with Gasteiger partial charge in [-0.25, -0.2) is 5.43 Å². The fourth-order valence-corrected chi connectivity index (χ4v) is 8.02. The summed E-state index contributed by atoms with van der Waals surface area (Å²) >= 11 is 1.53. The summed E-state index contributed by atoms with van der Waals surface area (Å²) in [7, 11) is 0. The van der Waals surface area contributed by atoms with Crippen molar-refractivity contribution < 1.29 is 9.59 Å². The molecule has 6 rings (SSSR count). The van der Waals surface area contributed by atoms with Gasteiger partial charge in [-0.05, 0) is 113 Å². The van der Waals surface area contributed by atoms with Crippen molar-refractivity contribution in [2.45, 2.75) is 77.3 Å². The predicted octanol–water partition coefficient (Wildman–Crippen LogP) is 6.40. The molecule has 2 fully saturated rings. The molecule has 3 aliphatic rings. The number of likely N-dealkylation sites (tertiary alicyclic amines) is 2. The number of piperidine rings is 2. The molecule has 2 aromatic carbocycles. The van der Waals surface area contributed by atoms with E-state index in [1.54, 1.807) is 6.21 Å². The molecule has 0 bridgehead atoms. The van der Waals surface area contributed by atoms with Crippen molar-refractivity contribution in [3.63, 3.8) is 0 Å². The smallest absolute Gasteiger partial charge is 0.274 e. The molecule has 2 amide bonds. The van der Waals surface area contributed by atoms with Crippen LogP contribution in [0.2, 0.25) is 0 Å². The van der Waals surface area contributed by atoms with Gasteiger partial charge < -0.3 is 10.2 Å². The van der Waals surface area contributed by atoms with Crippen molar-refractivity contribution >= 4 is 34.4 Å². The third-order valence-corrected chi connectivity index (χ3v) is 10.3. The van der Waals surface area contributed by atoms with E-state index >= 15 is 0 Å². The minimum absolute atomic E-state index is 0.179. The van der Waals surface area contributed by atoms with Gasteiger partial charge in [-0.15, -0.1) is 11.3 Å². The molecule has 2 saturated heterocycles. The van der Waals surface area contributed by atoms with Crippen molar-refractivity contribution in [3.8, 4) is 0 Å². The quantitative estimate of drug-likeness (QED) is 0.233. The Labute approximate surface area is 259 Å². The standard InChI is InChI=1S/C35H43N5O2S/c1-25-12-14-26(15-13-25)23-36-38-34(42)32-30-10-3-4-11-31(30)43-35(32)37-33(41)28-9-7-8-27(22-28)24-39-20-16-29(17-21-39)40-18-5-2-6-19-40/h7-9,12-15,22-23,29H,2-6,10-11,16-21,24H2,1H3,(H,37,41)(H,38,42)/b36-23+. The monoisotopic (exact) mass is 597 g/mol. The molecule has 0 saturated carbocycles. The van der Waals surface area contributed by atoms with Gasteiger partial charge in [0.25, 0.3) is 11.8 Å². The normalized spacial score (nSPS) is 18.4. The van der Waals surface area contributed by atoms with Gasteiger partial charge in [0.1, 0.15) is 5.00 Å². The van der Waals surface area contributed by atoms with Crippen LogP contribution in [0.3, 0.4) is 0 Å². The van der Waals surface area contributed by atoms with E-state index in [2.05, 4.69) is 31.7 Å². The number of carbonyl (C=O) groups excluding carboxylic acids is 2. The van der Waals surface area contributed by atoms with Crippen LogP contribution in [0, 0.1) is 6.92 Å². The highest BCUT2D eigenvalue weighted by atomic mass is 32.1. The molecule has 0 unspecified atom stereocenters. The van der Waals surface area contributed by atoms with Crippen molar-refractivity contribution in [2.75, 3.05) is 31.5 Å². The van der Waals surface area contributed by atoms with Gasteiger partial charge >= 0.3 is 0 Å². The molecule has 1 aliphatic carbocycles. The fourth-order valence-electron chi connectivity index (χ4n) is 6.74. The number of aryl methyl sites for hydroxylation is 2. The van der Waals surface area contributed by atoms with E-state index in [0.29, 0.717) is 16.1 Å². The Bertz CT molecular complexity index is 1450. The second-order valence-electron chi connectivity index (χ2n) is 12.3. The number of rotatable bonds is 8. The number of nitrogens with zero attached hydrogens (tertiary/aromatic N) is 3. The van der Waals surface area contributed by atoms with E-state index in [-0.39, 0.29) is 11.8 Å². The molecular formula is C35H43N5O2S. The van der Waals surface area contributed by atoms with E-state index in [0.717, 1.165) is 68.0 Å². The van der Waals surface area contributed by atoms with Gasteiger partial charge in [-0.2, -0.15) is 5.10 Å². The average Bonchev–Trinajstić information content (AvgIpc) is 3.41. The fraction of sp³-hybridized carbons (Fsp3) is 0.457. The Hall–Kier alpha value is -3.33. The molecule has 0 atom stereocenters. The Morgan fingerprint density at radius 2 is 1.70 bits per heavy atom. The molecule has 2 N–H and O–H groups in total. The van der Waals surface area contributed by atoms with Crippen molar-refractivity contribution in [1.29, 1.82) is 0 Å². The lowest BCUT2D eigenvalue weighted by atomic mass is 9.95. The maximum absolute atomic E-state index is 13.5. The number of hydrazone groups is 1. The highest BCUT2D eigenvalue weighted by molar-refractivity contribution is 7.17. The van der Waals surface area contributed by atoms with E-state index in [1.807, 2.05) is 49.4 Å². The lowest BCUT2D eigenvalue weighted by Crippen LogP contribution is -2.46. The summed E-state index contributed by atoms with van der Waals surface area (Å²) in [6.45, 7) is 7.62. The minimum Gasteiger partial charge on any atom is -0.313 e. The molecule has 1 aromatic heterocycles. The van der Waals surface area contributed by atoms with Gasteiger partial charge in [-0.3, -0.25) is 14.5 Å². The van der Waals surface area contributed by atoms with Crippen LogP contribution in [-0.4, -0.2) is 60.0 Å². The maximum atomic E-state index is 13.5. The number of hydrogen-bond acceptors (Lipinski definition) is 6. The molecule has 3 aromatic rings. The molecule has 3 heterocycles. The van der Waals surface area contributed by atoms with Crippen LogP contribution in [0.15, 0.2) is 53.6 Å². The Kier molecular flexibility index (Phi) is 9.66. The number of hydrogen-bond donors (Lipinski definition) is 2. The molecule has 8 heteroatoms. The Morgan fingerprint density at radius 1 is 0.930 bits per heavy atom. The first-order valence-electron chi connectivity index (χ1n) is 15.9. The van der Waals surface area contributed by atoms with Crippen molar-refractivity contribution in [3.05, 3.63) is 86.8 Å². The summed E-state index contributed by atoms with van der Waals surface area (Å²) in [5.41, 5.74) is 8.17. The summed E-state index contributed by atoms with van der Waals surface area (Å²) in [5.74, 6) is -0.457. The van der Waals surface area contributed by atoms with Crippen LogP contribution in [0.25, 0.3) is 0 Å². The van der Waals surface area contributed by atoms with Gasteiger partial charge in [0.15, 0.2) is 0 Å². The number of benzene rings is 2. The van der Waals surface area contributed by atoms with E-state index < -0.39 is 0 Å². The summed E-state index contributed by atoms with van der Waals surface area (Å²) in [6.07, 6.45) is 12.1.